The second-order valence-corrected chi connectivity index (χ2v) is 5.84. The standard InChI is InChI=1S/C15H15ClF3NO/c1-9(2)5-6-20-8-12(14(21)15(17,18)19)11-4-3-10(16)7-13(11)20/h3-4,7-9H,5-6H2,1-2H3. The first-order chi connectivity index (χ1) is 9.70. The van der Waals surface area contributed by atoms with Crippen LogP contribution in [0.5, 0.6) is 0 Å². The quantitative estimate of drug-likeness (QED) is 0.720. The Morgan fingerprint density at radius 2 is 2.00 bits per heavy atom. The molecule has 2 aromatic rings. The Labute approximate surface area is 125 Å². The van der Waals surface area contributed by atoms with E-state index in [2.05, 4.69) is 0 Å². The van der Waals surface area contributed by atoms with E-state index in [1.54, 1.807) is 10.6 Å². The van der Waals surface area contributed by atoms with Gasteiger partial charge in [0.05, 0.1) is 11.1 Å². The van der Waals surface area contributed by atoms with Crippen LogP contribution in [-0.4, -0.2) is 16.5 Å². The minimum atomic E-state index is -4.88. The van der Waals surface area contributed by atoms with Crippen LogP contribution in [0.1, 0.15) is 30.6 Å². The van der Waals surface area contributed by atoms with Gasteiger partial charge in [0.15, 0.2) is 0 Å². The maximum absolute atomic E-state index is 12.7. The largest absolute Gasteiger partial charge is 0.454 e. The van der Waals surface area contributed by atoms with E-state index in [-0.39, 0.29) is 10.9 Å². The molecule has 114 valence electrons. The number of rotatable bonds is 4. The van der Waals surface area contributed by atoms with Gasteiger partial charge in [-0.15, -0.1) is 0 Å². The lowest BCUT2D eigenvalue weighted by molar-refractivity contribution is -0.0884. The molecule has 2 rings (SSSR count). The van der Waals surface area contributed by atoms with Crippen molar-refractivity contribution >= 4 is 28.3 Å². The number of alkyl halides is 3. The molecule has 1 aromatic carbocycles. The molecule has 6 heteroatoms. The van der Waals surface area contributed by atoms with Gasteiger partial charge in [0.25, 0.3) is 5.78 Å². The monoisotopic (exact) mass is 317 g/mol. The van der Waals surface area contributed by atoms with Crippen molar-refractivity contribution in [3.63, 3.8) is 0 Å². The van der Waals surface area contributed by atoms with Gasteiger partial charge in [-0.05, 0) is 24.5 Å². The Kier molecular flexibility index (Phi) is 4.33. The zero-order chi connectivity index (χ0) is 15.8. The minimum absolute atomic E-state index is 0.283. The number of carbonyl (C=O) groups excluding carboxylic acids is 1. The average Bonchev–Trinajstić information content (AvgIpc) is 2.72. The molecule has 0 amide bonds. The predicted molar refractivity (Wildman–Crippen MR) is 76.8 cm³/mol. The van der Waals surface area contributed by atoms with E-state index in [0.717, 1.165) is 6.42 Å². The van der Waals surface area contributed by atoms with Crippen LogP contribution in [0.15, 0.2) is 24.4 Å². The molecule has 1 heterocycles. The number of hydrogen-bond acceptors (Lipinski definition) is 1. The molecule has 0 fully saturated rings. The molecule has 1 aromatic heterocycles. The van der Waals surface area contributed by atoms with Gasteiger partial charge in [-0.25, -0.2) is 0 Å². The van der Waals surface area contributed by atoms with Crippen LogP contribution >= 0.6 is 11.6 Å². The van der Waals surface area contributed by atoms with Gasteiger partial charge in [-0.2, -0.15) is 13.2 Å². The molecule has 0 radical (unpaired) electrons. The van der Waals surface area contributed by atoms with Gasteiger partial charge in [-0.3, -0.25) is 4.79 Å². The first kappa shape index (κ1) is 15.9. The Bertz CT molecular complexity index is 673. The van der Waals surface area contributed by atoms with Crippen molar-refractivity contribution in [2.24, 2.45) is 5.92 Å². The van der Waals surface area contributed by atoms with Crippen molar-refractivity contribution in [2.75, 3.05) is 0 Å². The van der Waals surface area contributed by atoms with Gasteiger partial charge in [-0.1, -0.05) is 31.5 Å². The van der Waals surface area contributed by atoms with E-state index in [1.165, 1.54) is 18.3 Å². The highest BCUT2D eigenvalue weighted by atomic mass is 35.5. The Hall–Kier alpha value is -1.49. The van der Waals surface area contributed by atoms with Crippen molar-refractivity contribution in [1.29, 1.82) is 0 Å². The number of aryl methyl sites for hydroxylation is 1. The summed E-state index contributed by atoms with van der Waals surface area (Å²) in [6, 6.07) is 4.54. The van der Waals surface area contributed by atoms with E-state index in [4.69, 9.17) is 11.6 Å². The number of hydrogen-bond donors (Lipinski definition) is 0. The molecular weight excluding hydrogens is 303 g/mol. The number of ketones is 1. The van der Waals surface area contributed by atoms with E-state index < -0.39 is 12.0 Å². The van der Waals surface area contributed by atoms with Gasteiger partial charge in [0.2, 0.25) is 0 Å². The third kappa shape index (κ3) is 3.40. The summed E-state index contributed by atoms with van der Waals surface area (Å²) in [5, 5.41) is 0.711. The Morgan fingerprint density at radius 1 is 1.33 bits per heavy atom. The number of halogens is 4. The fourth-order valence-electron chi connectivity index (χ4n) is 2.18. The SMILES string of the molecule is CC(C)CCn1cc(C(=O)C(F)(F)F)c2ccc(Cl)cc21. The topological polar surface area (TPSA) is 22.0 Å². The summed E-state index contributed by atoms with van der Waals surface area (Å²) in [5.74, 6) is -1.42. The molecule has 0 saturated heterocycles. The maximum atomic E-state index is 12.7. The smallest absolute Gasteiger partial charge is 0.347 e. The predicted octanol–water partition coefficient (Wildman–Crippen LogP) is 5.09. The third-order valence-electron chi connectivity index (χ3n) is 3.29. The zero-order valence-electron chi connectivity index (χ0n) is 11.7. The van der Waals surface area contributed by atoms with Crippen LogP contribution < -0.4 is 0 Å². The van der Waals surface area contributed by atoms with E-state index in [1.807, 2.05) is 13.8 Å². The molecule has 0 spiro atoms. The highest BCUT2D eigenvalue weighted by molar-refractivity contribution is 6.31. The molecule has 0 aliphatic carbocycles. The molecule has 0 atom stereocenters. The summed E-state index contributed by atoms with van der Waals surface area (Å²) in [5.41, 5.74) is 0.230. The Morgan fingerprint density at radius 3 is 2.57 bits per heavy atom. The summed E-state index contributed by atoms with van der Waals surface area (Å²) in [6.45, 7) is 4.60. The maximum Gasteiger partial charge on any atom is 0.454 e. The van der Waals surface area contributed by atoms with Crippen LogP contribution in [-0.2, 0) is 6.54 Å². The van der Waals surface area contributed by atoms with Crippen LogP contribution in [0.3, 0.4) is 0 Å². The van der Waals surface area contributed by atoms with Crippen molar-refractivity contribution in [3.8, 4) is 0 Å². The lowest BCUT2D eigenvalue weighted by Crippen LogP contribution is -2.22. The van der Waals surface area contributed by atoms with Gasteiger partial charge < -0.3 is 4.57 Å². The van der Waals surface area contributed by atoms with E-state index >= 15 is 0 Å². The lowest BCUT2D eigenvalue weighted by atomic mass is 10.1. The lowest BCUT2D eigenvalue weighted by Gasteiger charge is -2.07. The molecule has 0 aliphatic heterocycles. The molecule has 0 aliphatic rings. The highest BCUT2D eigenvalue weighted by Gasteiger charge is 2.40. The third-order valence-corrected chi connectivity index (χ3v) is 3.53. The number of fused-ring (bicyclic) bond motifs is 1. The summed E-state index contributed by atoms with van der Waals surface area (Å²) in [6.07, 6.45) is -2.80. The molecular formula is C15H15ClF3NO. The van der Waals surface area contributed by atoms with E-state index in [9.17, 15) is 18.0 Å². The van der Waals surface area contributed by atoms with Gasteiger partial charge in [0.1, 0.15) is 0 Å². The number of nitrogens with zero attached hydrogens (tertiary/aromatic N) is 1. The van der Waals surface area contributed by atoms with Gasteiger partial charge >= 0.3 is 6.18 Å². The van der Waals surface area contributed by atoms with Crippen LogP contribution in [0.4, 0.5) is 13.2 Å². The highest BCUT2D eigenvalue weighted by Crippen LogP contribution is 2.30. The minimum Gasteiger partial charge on any atom is -0.347 e. The molecule has 21 heavy (non-hydrogen) atoms. The molecule has 0 N–H and O–H groups in total. The molecule has 0 saturated carbocycles. The van der Waals surface area contributed by atoms with Crippen molar-refractivity contribution in [2.45, 2.75) is 33.0 Å². The van der Waals surface area contributed by atoms with Crippen molar-refractivity contribution in [3.05, 3.63) is 35.0 Å². The number of Topliss-reactive ketones (excluding diaryl/α,β-unsaturated/α-hetero) is 1. The summed E-state index contributed by atoms with van der Waals surface area (Å²) >= 11 is 5.91. The van der Waals surface area contributed by atoms with Crippen LogP contribution in [0.25, 0.3) is 10.9 Å². The van der Waals surface area contributed by atoms with Gasteiger partial charge in [0, 0.05) is 23.2 Å². The van der Waals surface area contributed by atoms with Crippen molar-refractivity contribution in [1.82, 2.24) is 4.57 Å². The summed E-state index contributed by atoms with van der Waals surface area (Å²) in [7, 11) is 0. The molecule has 0 bridgehead atoms. The first-order valence-corrected chi connectivity index (χ1v) is 6.98. The second-order valence-electron chi connectivity index (χ2n) is 5.41. The van der Waals surface area contributed by atoms with Crippen LogP contribution in [0, 0.1) is 5.92 Å². The molecule has 2 nitrogen and oxygen atoms in total. The summed E-state index contributed by atoms with van der Waals surface area (Å²) < 4.78 is 39.7. The molecule has 0 unspecified atom stereocenters. The average molecular weight is 318 g/mol. The first-order valence-electron chi connectivity index (χ1n) is 6.60. The van der Waals surface area contributed by atoms with Crippen molar-refractivity contribution < 1.29 is 18.0 Å². The normalized spacial score (nSPS) is 12.3. The fraction of sp³-hybridized carbons (Fsp3) is 0.400. The van der Waals surface area contributed by atoms with E-state index in [0.29, 0.717) is 23.0 Å². The van der Waals surface area contributed by atoms with Crippen LogP contribution in [0.2, 0.25) is 5.02 Å². The second kappa shape index (κ2) is 5.72. The Balaban J connectivity index is 2.54. The number of carbonyl (C=O) groups is 1. The summed E-state index contributed by atoms with van der Waals surface area (Å²) in [4.78, 5) is 11.5. The zero-order valence-corrected chi connectivity index (χ0v) is 12.4. The number of aromatic nitrogens is 1. The fourth-order valence-corrected chi connectivity index (χ4v) is 2.35. The number of benzene rings is 1.